The number of nitrogens with zero attached hydrogens (tertiary/aromatic N) is 4. The molecule has 29 heavy (non-hydrogen) atoms. The third-order valence-corrected chi connectivity index (χ3v) is 5.50. The van der Waals surface area contributed by atoms with E-state index in [0.29, 0.717) is 16.3 Å². The van der Waals surface area contributed by atoms with Gasteiger partial charge in [0.05, 0.1) is 18.0 Å². The van der Waals surface area contributed by atoms with Crippen LogP contribution in [0.4, 0.5) is 0 Å². The van der Waals surface area contributed by atoms with Crippen LogP contribution in [0.1, 0.15) is 25.8 Å². The molecule has 11 heteroatoms. The summed E-state index contributed by atoms with van der Waals surface area (Å²) in [5.74, 6) is -0.538. The molecule has 1 atom stereocenters. The number of benzene rings is 1. The molecule has 0 amide bonds. The number of esters is 1. The summed E-state index contributed by atoms with van der Waals surface area (Å²) in [5, 5.41) is 4.32. The monoisotopic (exact) mass is 438 g/mol. The zero-order valence-electron chi connectivity index (χ0n) is 16.3. The minimum atomic E-state index is -1.27. The molecule has 3 rings (SSSR count). The van der Waals surface area contributed by atoms with Crippen molar-refractivity contribution in [2.24, 2.45) is 19.3 Å². The highest BCUT2D eigenvalue weighted by Crippen LogP contribution is 2.31. The summed E-state index contributed by atoms with van der Waals surface area (Å²) in [7, 11) is 2.97. The fourth-order valence-electron chi connectivity index (χ4n) is 2.94. The maximum atomic E-state index is 12.6. The maximum Gasteiger partial charge on any atom is 0.353 e. The van der Waals surface area contributed by atoms with Gasteiger partial charge in [0, 0.05) is 31.1 Å². The van der Waals surface area contributed by atoms with Gasteiger partial charge in [0.25, 0.3) is 0 Å². The Hall–Kier alpha value is -2.72. The molecule has 0 saturated heterocycles. The third kappa shape index (κ3) is 3.53. The first-order valence-corrected chi connectivity index (χ1v) is 9.51. The van der Waals surface area contributed by atoms with Crippen LogP contribution < -0.4 is 11.4 Å². The van der Waals surface area contributed by atoms with Crippen molar-refractivity contribution in [2.45, 2.75) is 25.9 Å². The lowest BCUT2D eigenvalue weighted by Crippen LogP contribution is -2.43. The molecule has 154 valence electrons. The van der Waals surface area contributed by atoms with Crippen molar-refractivity contribution in [1.82, 2.24) is 13.7 Å². The van der Waals surface area contributed by atoms with E-state index in [4.69, 9.17) is 33.4 Å². The standard InChI is InChI=1S/C18H19ClN4O5S/c1-5-27-14(24)18(2)9-13(20-28-18)11-8-10(6-7-12(11)19)23-15(25)21(3)17(29)22(4)16(23)26/h6-8H,5,9H2,1-4H3/t18-/m0/s1. The lowest BCUT2D eigenvalue weighted by Gasteiger charge is -2.18. The lowest BCUT2D eigenvalue weighted by atomic mass is 9.95. The van der Waals surface area contributed by atoms with Gasteiger partial charge in [-0.05, 0) is 44.3 Å². The molecule has 2 aromatic rings. The van der Waals surface area contributed by atoms with E-state index in [0.717, 1.165) is 4.57 Å². The summed E-state index contributed by atoms with van der Waals surface area (Å²) >= 11 is 11.4. The molecule has 0 radical (unpaired) electrons. The summed E-state index contributed by atoms with van der Waals surface area (Å²) in [6.07, 6.45) is 0.126. The van der Waals surface area contributed by atoms with E-state index in [9.17, 15) is 14.4 Å². The van der Waals surface area contributed by atoms with Gasteiger partial charge in [-0.2, -0.15) is 0 Å². The van der Waals surface area contributed by atoms with Crippen molar-refractivity contribution in [3.05, 3.63) is 54.5 Å². The van der Waals surface area contributed by atoms with Gasteiger partial charge in [0.2, 0.25) is 5.60 Å². The van der Waals surface area contributed by atoms with Crippen molar-refractivity contribution in [1.29, 1.82) is 0 Å². The second kappa shape index (κ2) is 7.60. The third-order valence-electron chi connectivity index (χ3n) is 4.62. The predicted molar refractivity (Wildman–Crippen MR) is 109 cm³/mol. The van der Waals surface area contributed by atoms with E-state index in [-0.39, 0.29) is 23.5 Å². The Kier molecular flexibility index (Phi) is 5.50. The van der Waals surface area contributed by atoms with Crippen LogP contribution in [0.5, 0.6) is 0 Å². The number of carbonyl (C=O) groups excluding carboxylic acids is 1. The molecule has 0 N–H and O–H groups in total. The summed E-state index contributed by atoms with van der Waals surface area (Å²) < 4.78 is 8.50. The first kappa shape index (κ1) is 21.0. The van der Waals surface area contributed by atoms with Gasteiger partial charge in [-0.3, -0.25) is 9.13 Å². The van der Waals surface area contributed by atoms with Gasteiger partial charge in [0.1, 0.15) is 0 Å². The summed E-state index contributed by atoms with van der Waals surface area (Å²) in [6, 6.07) is 4.63. The molecule has 1 aromatic heterocycles. The van der Waals surface area contributed by atoms with E-state index >= 15 is 0 Å². The average molecular weight is 439 g/mol. The zero-order valence-corrected chi connectivity index (χ0v) is 17.8. The topological polar surface area (TPSA) is 96.8 Å². The van der Waals surface area contributed by atoms with E-state index < -0.39 is 22.9 Å². The van der Waals surface area contributed by atoms with E-state index in [1.165, 1.54) is 23.2 Å². The van der Waals surface area contributed by atoms with E-state index in [1.54, 1.807) is 32.0 Å². The van der Waals surface area contributed by atoms with Gasteiger partial charge >= 0.3 is 17.3 Å². The summed E-state index contributed by atoms with van der Waals surface area (Å²) in [4.78, 5) is 42.8. The minimum Gasteiger partial charge on any atom is -0.463 e. The number of aromatic nitrogens is 3. The number of rotatable bonds is 4. The van der Waals surface area contributed by atoms with Gasteiger partial charge in [-0.25, -0.2) is 19.0 Å². The van der Waals surface area contributed by atoms with Gasteiger partial charge in [-0.1, -0.05) is 16.8 Å². The van der Waals surface area contributed by atoms with Crippen LogP contribution in [0.2, 0.25) is 5.02 Å². The molecule has 0 spiro atoms. The molecular weight excluding hydrogens is 420 g/mol. The highest BCUT2D eigenvalue weighted by Gasteiger charge is 2.44. The number of hydrogen-bond acceptors (Lipinski definition) is 7. The highest BCUT2D eigenvalue weighted by atomic mass is 35.5. The SMILES string of the molecule is CCOC(=O)[C@]1(C)CC(c2cc(-n3c(=O)n(C)c(=S)n(C)c3=O)ccc2Cl)=NO1. The van der Waals surface area contributed by atoms with Crippen molar-refractivity contribution in [2.75, 3.05) is 6.61 Å². The van der Waals surface area contributed by atoms with Crippen LogP contribution in [0.15, 0.2) is 32.9 Å². The average Bonchev–Trinajstić information content (AvgIpc) is 3.10. The first-order chi connectivity index (χ1) is 13.6. The number of halogens is 1. The molecule has 0 unspecified atom stereocenters. The fourth-order valence-corrected chi connectivity index (χ4v) is 3.33. The molecule has 0 saturated carbocycles. The molecule has 1 aromatic carbocycles. The Labute approximate surface area is 175 Å². The van der Waals surface area contributed by atoms with Crippen molar-refractivity contribution in [3.8, 4) is 5.69 Å². The van der Waals surface area contributed by atoms with E-state index in [2.05, 4.69) is 5.16 Å². The quantitative estimate of drug-likeness (QED) is 0.532. The first-order valence-electron chi connectivity index (χ1n) is 8.72. The molecule has 1 aliphatic rings. The Morgan fingerprint density at radius 3 is 2.52 bits per heavy atom. The van der Waals surface area contributed by atoms with Crippen molar-refractivity contribution in [3.63, 3.8) is 0 Å². The van der Waals surface area contributed by atoms with Crippen molar-refractivity contribution >= 4 is 35.5 Å². The second-order valence-corrected chi connectivity index (χ2v) is 7.50. The van der Waals surface area contributed by atoms with Crippen LogP contribution >= 0.6 is 23.8 Å². The Bertz CT molecular complexity index is 1170. The van der Waals surface area contributed by atoms with Crippen LogP contribution in [0.3, 0.4) is 0 Å². The molecule has 2 heterocycles. The Morgan fingerprint density at radius 1 is 1.31 bits per heavy atom. The fraction of sp³-hybridized carbons (Fsp3) is 0.389. The van der Waals surface area contributed by atoms with Crippen LogP contribution in [-0.2, 0) is 28.5 Å². The lowest BCUT2D eigenvalue weighted by molar-refractivity contribution is -0.166. The normalized spacial score (nSPS) is 18.3. The highest BCUT2D eigenvalue weighted by molar-refractivity contribution is 7.71. The Morgan fingerprint density at radius 2 is 1.93 bits per heavy atom. The Balaban J connectivity index is 2.09. The molecule has 0 bridgehead atoms. The van der Waals surface area contributed by atoms with Crippen LogP contribution in [-0.4, -0.2) is 37.6 Å². The van der Waals surface area contributed by atoms with E-state index in [1.807, 2.05) is 0 Å². The number of oxime groups is 1. The molecular formula is C18H19ClN4O5S. The molecule has 1 aliphatic heterocycles. The largest absolute Gasteiger partial charge is 0.463 e. The van der Waals surface area contributed by atoms with Gasteiger partial charge in [-0.15, -0.1) is 0 Å². The maximum absolute atomic E-state index is 12.6. The minimum absolute atomic E-state index is 0.101. The molecule has 9 nitrogen and oxygen atoms in total. The van der Waals surface area contributed by atoms with Crippen molar-refractivity contribution < 1.29 is 14.4 Å². The van der Waals surface area contributed by atoms with Crippen LogP contribution in [0.25, 0.3) is 5.69 Å². The van der Waals surface area contributed by atoms with Gasteiger partial charge < -0.3 is 9.57 Å². The summed E-state index contributed by atoms with van der Waals surface area (Å²) in [5.41, 5.74) is -1.32. The number of carbonyl (C=O) groups is 1. The second-order valence-electron chi connectivity index (χ2n) is 6.72. The predicted octanol–water partition coefficient (Wildman–Crippen LogP) is 1.70. The number of ether oxygens (including phenoxy) is 1. The van der Waals surface area contributed by atoms with Crippen LogP contribution in [0, 0.1) is 4.77 Å². The van der Waals surface area contributed by atoms with Gasteiger partial charge in [0.15, 0.2) is 4.77 Å². The zero-order chi connectivity index (χ0) is 21.5. The number of hydrogen-bond donors (Lipinski definition) is 0. The molecule has 0 fully saturated rings. The molecule has 0 aliphatic carbocycles. The smallest absolute Gasteiger partial charge is 0.353 e. The summed E-state index contributed by atoms with van der Waals surface area (Å²) in [6.45, 7) is 3.48.